The summed E-state index contributed by atoms with van der Waals surface area (Å²) in [5.74, 6) is 0. The van der Waals surface area contributed by atoms with Gasteiger partial charge in [-0.2, -0.15) is 10.2 Å². The number of aromatic nitrogens is 2. The lowest BCUT2D eigenvalue weighted by molar-refractivity contribution is 0.324. The Balaban J connectivity index is 2.16. The van der Waals surface area contributed by atoms with Gasteiger partial charge in [0.05, 0.1) is 6.20 Å². The lowest BCUT2D eigenvalue weighted by atomic mass is 10.3. The van der Waals surface area contributed by atoms with Gasteiger partial charge in [-0.3, -0.25) is 0 Å². The highest BCUT2D eigenvalue weighted by Crippen LogP contribution is 1.98. The summed E-state index contributed by atoms with van der Waals surface area (Å²) < 4.78 is 0. The zero-order chi connectivity index (χ0) is 10.9. The number of rotatable bonds is 7. The fourth-order valence-electron chi connectivity index (χ4n) is 1.37. The van der Waals surface area contributed by atoms with E-state index in [0.717, 1.165) is 26.2 Å². The van der Waals surface area contributed by atoms with Crippen LogP contribution in [0.2, 0.25) is 0 Å². The lowest BCUT2D eigenvalue weighted by Gasteiger charge is -2.16. The van der Waals surface area contributed by atoms with Crippen molar-refractivity contribution in [1.82, 2.24) is 20.4 Å². The van der Waals surface area contributed by atoms with Crippen molar-refractivity contribution >= 4 is 0 Å². The van der Waals surface area contributed by atoms with Gasteiger partial charge in [0.2, 0.25) is 0 Å². The van der Waals surface area contributed by atoms with E-state index in [0.29, 0.717) is 0 Å². The van der Waals surface area contributed by atoms with Crippen LogP contribution in [0.5, 0.6) is 0 Å². The van der Waals surface area contributed by atoms with E-state index in [2.05, 4.69) is 34.4 Å². The molecule has 0 atom stereocenters. The van der Waals surface area contributed by atoms with Gasteiger partial charge < -0.3 is 10.2 Å². The molecule has 0 aromatic carbocycles. The van der Waals surface area contributed by atoms with Crippen molar-refractivity contribution in [2.75, 3.05) is 26.7 Å². The van der Waals surface area contributed by atoms with Crippen LogP contribution < -0.4 is 5.32 Å². The van der Waals surface area contributed by atoms with E-state index in [1.165, 1.54) is 12.0 Å². The molecule has 1 N–H and O–H groups in total. The fraction of sp³-hybridized carbons (Fsp3) is 0.636. The van der Waals surface area contributed by atoms with E-state index < -0.39 is 0 Å². The molecule has 0 aliphatic carbocycles. The first-order valence-corrected chi connectivity index (χ1v) is 5.47. The average molecular weight is 208 g/mol. The molecule has 0 unspecified atom stereocenters. The second kappa shape index (κ2) is 7.31. The zero-order valence-electron chi connectivity index (χ0n) is 9.61. The maximum absolute atomic E-state index is 3.86. The summed E-state index contributed by atoms with van der Waals surface area (Å²) in [6, 6.07) is 2.00. The molecule has 0 fully saturated rings. The van der Waals surface area contributed by atoms with Gasteiger partial charge >= 0.3 is 0 Å². The summed E-state index contributed by atoms with van der Waals surface area (Å²) in [4.78, 5) is 2.28. The predicted molar refractivity (Wildman–Crippen MR) is 61.5 cm³/mol. The van der Waals surface area contributed by atoms with Gasteiger partial charge in [-0.15, -0.1) is 0 Å². The van der Waals surface area contributed by atoms with E-state index in [-0.39, 0.29) is 0 Å². The molecule has 4 nitrogen and oxygen atoms in total. The summed E-state index contributed by atoms with van der Waals surface area (Å²) in [5, 5.41) is 11.0. The summed E-state index contributed by atoms with van der Waals surface area (Å²) in [7, 11) is 2.12. The van der Waals surface area contributed by atoms with Gasteiger partial charge in [-0.1, -0.05) is 6.92 Å². The van der Waals surface area contributed by atoms with Gasteiger partial charge in [0.1, 0.15) is 0 Å². The Morgan fingerprint density at radius 1 is 1.33 bits per heavy atom. The van der Waals surface area contributed by atoms with E-state index >= 15 is 0 Å². The summed E-state index contributed by atoms with van der Waals surface area (Å²) in [5.41, 5.74) is 1.21. The number of hydrogen-bond donors (Lipinski definition) is 1. The maximum Gasteiger partial charge on any atom is 0.0541 e. The van der Waals surface area contributed by atoms with Gasteiger partial charge in [-0.05, 0) is 31.6 Å². The van der Waals surface area contributed by atoms with E-state index in [4.69, 9.17) is 0 Å². The maximum atomic E-state index is 3.86. The van der Waals surface area contributed by atoms with Crippen LogP contribution in [0.1, 0.15) is 18.9 Å². The summed E-state index contributed by atoms with van der Waals surface area (Å²) in [6.45, 7) is 6.32. The molecule has 1 aromatic rings. The van der Waals surface area contributed by atoms with Crippen LogP contribution >= 0.6 is 0 Å². The third-order valence-electron chi connectivity index (χ3n) is 2.20. The first kappa shape index (κ1) is 12.1. The van der Waals surface area contributed by atoms with Gasteiger partial charge in [0.15, 0.2) is 0 Å². The molecule has 0 saturated heterocycles. The standard InChI is InChI=1S/C11H20N4/c1-3-5-12-7-8-15(2)10-11-4-6-13-14-9-11/h4,6,9,12H,3,5,7-8,10H2,1-2H3. The highest BCUT2D eigenvalue weighted by Gasteiger charge is 1.99. The Morgan fingerprint density at radius 3 is 2.87 bits per heavy atom. The van der Waals surface area contributed by atoms with Crippen molar-refractivity contribution in [3.8, 4) is 0 Å². The number of hydrogen-bond acceptors (Lipinski definition) is 4. The van der Waals surface area contributed by atoms with Crippen LogP contribution in [0.15, 0.2) is 18.5 Å². The average Bonchev–Trinajstić information content (AvgIpc) is 2.26. The molecular weight excluding hydrogens is 188 g/mol. The van der Waals surface area contributed by atoms with Crippen molar-refractivity contribution in [2.24, 2.45) is 0 Å². The van der Waals surface area contributed by atoms with E-state index in [1.54, 1.807) is 6.20 Å². The SMILES string of the molecule is CCCNCCN(C)Cc1ccnnc1. The molecular formula is C11H20N4. The zero-order valence-corrected chi connectivity index (χ0v) is 9.61. The fourth-order valence-corrected chi connectivity index (χ4v) is 1.37. The Hall–Kier alpha value is -1.00. The highest BCUT2D eigenvalue weighted by atomic mass is 15.1. The molecule has 1 rings (SSSR count). The second-order valence-electron chi connectivity index (χ2n) is 3.74. The quantitative estimate of drug-likeness (QED) is 0.676. The van der Waals surface area contributed by atoms with Gasteiger partial charge in [0.25, 0.3) is 0 Å². The molecule has 0 spiro atoms. The molecule has 0 aliphatic heterocycles. The Kier molecular flexibility index (Phi) is 5.88. The molecule has 0 radical (unpaired) electrons. The molecule has 84 valence electrons. The first-order chi connectivity index (χ1) is 7.33. The number of nitrogens with one attached hydrogen (secondary N) is 1. The molecule has 1 heterocycles. The van der Waals surface area contributed by atoms with Crippen molar-refractivity contribution in [1.29, 1.82) is 0 Å². The van der Waals surface area contributed by atoms with Crippen LogP contribution in [0.3, 0.4) is 0 Å². The third kappa shape index (κ3) is 5.44. The Morgan fingerprint density at radius 2 is 2.20 bits per heavy atom. The van der Waals surface area contributed by atoms with Crippen LogP contribution in [-0.4, -0.2) is 41.8 Å². The van der Waals surface area contributed by atoms with Crippen LogP contribution in [-0.2, 0) is 6.54 Å². The van der Waals surface area contributed by atoms with Crippen LogP contribution in [0.25, 0.3) is 0 Å². The number of likely N-dealkylation sites (N-methyl/N-ethyl adjacent to an activating group) is 1. The van der Waals surface area contributed by atoms with Crippen LogP contribution in [0.4, 0.5) is 0 Å². The molecule has 15 heavy (non-hydrogen) atoms. The Labute approximate surface area is 91.7 Å². The molecule has 1 aromatic heterocycles. The van der Waals surface area contributed by atoms with Crippen molar-refractivity contribution in [2.45, 2.75) is 19.9 Å². The number of nitrogens with zero attached hydrogens (tertiary/aromatic N) is 3. The molecule has 0 saturated carbocycles. The minimum absolute atomic E-state index is 0.934. The predicted octanol–water partition coefficient (Wildman–Crippen LogP) is 0.908. The normalized spacial score (nSPS) is 10.9. The topological polar surface area (TPSA) is 41.0 Å². The van der Waals surface area contributed by atoms with Crippen molar-refractivity contribution < 1.29 is 0 Å². The largest absolute Gasteiger partial charge is 0.315 e. The van der Waals surface area contributed by atoms with Crippen LogP contribution in [0, 0.1) is 0 Å². The minimum atomic E-state index is 0.934. The monoisotopic (exact) mass is 208 g/mol. The second-order valence-corrected chi connectivity index (χ2v) is 3.74. The molecule has 4 heteroatoms. The molecule has 0 amide bonds. The molecule has 0 aliphatic rings. The summed E-state index contributed by atoms with van der Waals surface area (Å²) >= 11 is 0. The lowest BCUT2D eigenvalue weighted by Crippen LogP contribution is -2.29. The summed E-state index contributed by atoms with van der Waals surface area (Å²) in [6.07, 6.45) is 4.74. The first-order valence-electron chi connectivity index (χ1n) is 5.47. The van der Waals surface area contributed by atoms with Crippen molar-refractivity contribution in [3.05, 3.63) is 24.0 Å². The highest BCUT2D eigenvalue weighted by molar-refractivity contribution is 5.04. The molecule has 0 bridgehead atoms. The third-order valence-corrected chi connectivity index (χ3v) is 2.20. The van der Waals surface area contributed by atoms with Gasteiger partial charge in [-0.25, -0.2) is 0 Å². The van der Waals surface area contributed by atoms with Gasteiger partial charge in [0, 0.05) is 25.8 Å². The Bertz CT molecular complexity index is 250. The van der Waals surface area contributed by atoms with Crippen molar-refractivity contribution in [3.63, 3.8) is 0 Å². The van der Waals surface area contributed by atoms with E-state index in [9.17, 15) is 0 Å². The minimum Gasteiger partial charge on any atom is -0.315 e. The van der Waals surface area contributed by atoms with E-state index in [1.807, 2.05) is 12.3 Å². The smallest absolute Gasteiger partial charge is 0.0541 e.